The fourth-order valence-corrected chi connectivity index (χ4v) is 3.72. The number of para-hydroxylation sites is 1. The minimum Gasteiger partial charge on any atom is -0.482 e. The van der Waals surface area contributed by atoms with Gasteiger partial charge in [0.25, 0.3) is 11.8 Å². The fraction of sp³-hybridized carbons (Fsp3) is 0.158. The van der Waals surface area contributed by atoms with Crippen LogP contribution in [0.2, 0.25) is 10.0 Å². The third-order valence-corrected chi connectivity index (χ3v) is 4.64. The summed E-state index contributed by atoms with van der Waals surface area (Å²) in [6, 6.07) is 10.3. The van der Waals surface area contributed by atoms with Gasteiger partial charge in [-0.2, -0.15) is 0 Å². The molecule has 5 nitrogen and oxygen atoms in total. The highest BCUT2D eigenvalue weighted by Crippen LogP contribution is 2.32. The van der Waals surface area contributed by atoms with Gasteiger partial charge in [-0.1, -0.05) is 41.4 Å². The minimum absolute atomic E-state index is 0.250. The van der Waals surface area contributed by atoms with Gasteiger partial charge in [0.15, 0.2) is 6.61 Å². The van der Waals surface area contributed by atoms with E-state index in [4.69, 9.17) is 33.7 Å². The Balaban J connectivity index is 1.97. The normalized spacial score (nSPS) is 10.9. The van der Waals surface area contributed by atoms with Crippen molar-refractivity contribution in [3.63, 3.8) is 0 Å². The van der Waals surface area contributed by atoms with Gasteiger partial charge in [-0.25, -0.2) is 0 Å². The van der Waals surface area contributed by atoms with E-state index in [9.17, 15) is 9.59 Å². The van der Waals surface area contributed by atoms with Crippen LogP contribution in [0.15, 0.2) is 36.4 Å². The summed E-state index contributed by atoms with van der Waals surface area (Å²) >= 11 is 12.1. The maximum Gasteiger partial charge on any atom is 0.269 e. The fourth-order valence-electron chi connectivity index (χ4n) is 3.07. The number of halogens is 2. The molecule has 3 aromatic rings. The number of amides is 1. The average molecular weight is 391 g/mol. The maximum absolute atomic E-state index is 12.8. The molecule has 0 spiro atoms. The molecule has 0 fully saturated rings. The molecule has 2 N–H and O–H groups in total. The smallest absolute Gasteiger partial charge is 0.269 e. The lowest BCUT2D eigenvalue weighted by Crippen LogP contribution is -2.21. The molecule has 0 aliphatic carbocycles. The highest BCUT2D eigenvalue weighted by Gasteiger charge is 2.22. The molecule has 1 amide bonds. The summed E-state index contributed by atoms with van der Waals surface area (Å²) in [6.07, 6.45) is 0. The van der Waals surface area contributed by atoms with Crippen LogP contribution in [-0.4, -0.2) is 23.0 Å². The number of rotatable bonds is 4. The summed E-state index contributed by atoms with van der Waals surface area (Å²) in [7, 11) is 0. The number of nitrogens with zero attached hydrogens (tertiary/aromatic N) is 1. The molecule has 0 aliphatic rings. The number of hydrogen-bond acceptors (Lipinski definition) is 3. The Bertz CT molecular complexity index is 1020. The number of carbonyl (C=O) groups excluding carboxylic acids is 2. The minimum atomic E-state index is -0.581. The highest BCUT2D eigenvalue weighted by molar-refractivity contribution is 6.35. The van der Waals surface area contributed by atoms with Crippen LogP contribution >= 0.6 is 23.2 Å². The van der Waals surface area contributed by atoms with Gasteiger partial charge in [0.1, 0.15) is 5.75 Å². The third-order valence-electron chi connectivity index (χ3n) is 4.14. The second-order valence-electron chi connectivity index (χ2n) is 5.89. The van der Waals surface area contributed by atoms with Crippen molar-refractivity contribution in [1.82, 2.24) is 4.57 Å². The van der Waals surface area contributed by atoms with Crippen molar-refractivity contribution >= 4 is 45.9 Å². The lowest BCUT2D eigenvalue weighted by Gasteiger charge is -2.12. The quantitative estimate of drug-likeness (QED) is 0.717. The molecular weight excluding hydrogens is 375 g/mol. The van der Waals surface area contributed by atoms with Crippen LogP contribution in [0.3, 0.4) is 0 Å². The zero-order valence-corrected chi connectivity index (χ0v) is 15.7. The van der Waals surface area contributed by atoms with E-state index in [0.29, 0.717) is 38.0 Å². The van der Waals surface area contributed by atoms with E-state index >= 15 is 0 Å². The molecule has 1 aromatic heterocycles. The summed E-state index contributed by atoms with van der Waals surface area (Å²) in [6.45, 7) is 3.22. The van der Waals surface area contributed by atoms with Gasteiger partial charge in [-0.3, -0.25) is 14.2 Å². The van der Waals surface area contributed by atoms with E-state index in [2.05, 4.69) is 0 Å². The first-order valence-electron chi connectivity index (χ1n) is 7.82. The largest absolute Gasteiger partial charge is 0.482 e. The van der Waals surface area contributed by atoms with E-state index in [0.717, 1.165) is 5.56 Å². The first-order chi connectivity index (χ1) is 12.3. The molecule has 0 atom stereocenters. The highest BCUT2D eigenvalue weighted by atomic mass is 35.5. The molecule has 134 valence electrons. The zero-order chi connectivity index (χ0) is 19.0. The predicted octanol–water partition coefficient (Wildman–Crippen LogP) is 4.38. The summed E-state index contributed by atoms with van der Waals surface area (Å²) in [5, 5.41) is 1.45. The number of aromatic nitrogens is 1. The number of primary amides is 1. The summed E-state index contributed by atoms with van der Waals surface area (Å²) in [5.74, 6) is -0.520. The van der Waals surface area contributed by atoms with Crippen molar-refractivity contribution in [2.45, 2.75) is 13.8 Å². The van der Waals surface area contributed by atoms with Crippen LogP contribution in [0.4, 0.5) is 0 Å². The molecule has 1 heterocycles. The summed E-state index contributed by atoms with van der Waals surface area (Å²) < 4.78 is 7.07. The van der Waals surface area contributed by atoms with E-state index in [-0.39, 0.29) is 12.5 Å². The monoisotopic (exact) mass is 390 g/mol. The molecule has 3 rings (SSSR count). The second kappa shape index (κ2) is 7.02. The van der Waals surface area contributed by atoms with Crippen LogP contribution in [0.25, 0.3) is 10.9 Å². The van der Waals surface area contributed by atoms with Crippen molar-refractivity contribution in [3.8, 4) is 5.75 Å². The number of carbonyl (C=O) groups is 2. The van der Waals surface area contributed by atoms with Crippen molar-refractivity contribution in [1.29, 1.82) is 0 Å². The third kappa shape index (κ3) is 3.16. The molecule has 26 heavy (non-hydrogen) atoms. The average Bonchev–Trinajstić information content (AvgIpc) is 2.85. The Morgan fingerprint density at radius 1 is 1.15 bits per heavy atom. The van der Waals surface area contributed by atoms with Crippen molar-refractivity contribution in [2.24, 2.45) is 5.73 Å². The van der Waals surface area contributed by atoms with E-state index in [1.54, 1.807) is 50.2 Å². The molecular formula is C19H16Cl2N2O3. The van der Waals surface area contributed by atoms with Crippen LogP contribution in [-0.2, 0) is 0 Å². The number of nitrogens with two attached hydrogens (primary N) is 1. The molecule has 2 aromatic carbocycles. The predicted molar refractivity (Wildman–Crippen MR) is 103 cm³/mol. The van der Waals surface area contributed by atoms with Crippen molar-refractivity contribution < 1.29 is 14.3 Å². The van der Waals surface area contributed by atoms with E-state index in [1.807, 2.05) is 0 Å². The second-order valence-corrected chi connectivity index (χ2v) is 6.74. The first-order valence-corrected chi connectivity index (χ1v) is 8.58. The van der Waals surface area contributed by atoms with Gasteiger partial charge in [-0.05, 0) is 37.6 Å². The van der Waals surface area contributed by atoms with Crippen molar-refractivity contribution in [2.75, 3.05) is 6.61 Å². The lowest BCUT2D eigenvalue weighted by atomic mass is 10.1. The van der Waals surface area contributed by atoms with E-state index < -0.39 is 5.91 Å². The summed E-state index contributed by atoms with van der Waals surface area (Å²) in [4.78, 5) is 24.6. The number of hydrogen-bond donors (Lipinski definition) is 1. The van der Waals surface area contributed by atoms with Crippen LogP contribution < -0.4 is 10.5 Å². The standard InChI is InChI=1S/C19H16Cl2N2O3/c1-10-7-12(20)8-14(21)18(10)26-9-16(24)23-11(2)17(19(22)25)13-5-3-4-6-15(13)23/h3-8H,9H2,1-2H3,(H2,22,25). The summed E-state index contributed by atoms with van der Waals surface area (Å²) in [5.41, 5.74) is 7.62. The zero-order valence-electron chi connectivity index (χ0n) is 14.2. The molecule has 0 radical (unpaired) electrons. The van der Waals surface area contributed by atoms with Gasteiger partial charge in [0.05, 0.1) is 16.1 Å². The lowest BCUT2D eigenvalue weighted by molar-refractivity contribution is 0.0840. The molecule has 0 unspecified atom stereocenters. The number of benzene rings is 2. The van der Waals surface area contributed by atoms with Gasteiger partial charge >= 0.3 is 0 Å². The Morgan fingerprint density at radius 2 is 1.85 bits per heavy atom. The Morgan fingerprint density at radius 3 is 2.50 bits per heavy atom. The SMILES string of the molecule is Cc1cc(Cl)cc(Cl)c1OCC(=O)n1c(C)c(C(N)=O)c2ccccc21. The Hall–Kier alpha value is -2.50. The van der Waals surface area contributed by atoms with Crippen LogP contribution in [0, 0.1) is 13.8 Å². The number of ether oxygens (including phenoxy) is 1. The van der Waals surface area contributed by atoms with Gasteiger partial charge < -0.3 is 10.5 Å². The van der Waals surface area contributed by atoms with Crippen molar-refractivity contribution in [3.05, 3.63) is 63.3 Å². The molecule has 0 saturated heterocycles. The van der Waals surface area contributed by atoms with Gasteiger partial charge in [-0.15, -0.1) is 0 Å². The molecule has 0 aliphatic heterocycles. The molecule has 7 heteroatoms. The van der Waals surface area contributed by atoms with Crippen LogP contribution in [0.5, 0.6) is 5.75 Å². The Kier molecular flexibility index (Phi) is 4.94. The van der Waals surface area contributed by atoms with E-state index in [1.165, 1.54) is 4.57 Å². The topological polar surface area (TPSA) is 74.3 Å². The first kappa shape index (κ1) is 18.3. The Labute approximate surface area is 160 Å². The molecule has 0 saturated carbocycles. The van der Waals surface area contributed by atoms with Gasteiger partial charge in [0.2, 0.25) is 0 Å². The number of fused-ring (bicyclic) bond motifs is 1. The molecule has 0 bridgehead atoms. The van der Waals surface area contributed by atoms with Gasteiger partial charge in [0, 0.05) is 16.1 Å². The van der Waals surface area contributed by atoms with Crippen LogP contribution in [0.1, 0.15) is 26.4 Å². The maximum atomic E-state index is 12.8. The number of aryl methyl sites for hydroxylation is 1.